The topological polar surface area (TPSA) is 96.7 Å². The van der Waals surface area contributed by atoms with Crippen molar-refractivity contribution < 1.29 is 4.79 Å². The minimum atomic E-state index is -0.310. The van der Waals surface area contributed by atoms with Gasteiger partial charge < -0.3 is 11.1 Å². The molecule has 0 saturated heterocycles. The number of carbonyl (C=O) groups is 1. The third kappa shape index (κ3) is 2.67. The predicted octanol–water partition coefficient (Wildman–Crippen LogP) is 2.00. The Bertz CT molecular complexity index is 566. The number of aromatic amines is 1. The number of anilines is 2. The van der Waals surface area contributed by atoms with E-state index in [9.17, 15) is 4.79 Å². The molecule has 0 bridgehead atoms. The van der Waals surface area contributed by atoms with Gasteiger partial charge in [-0.25, -0.2) is 4.98 Å². The zero-order chi connectivity index (χ0) is 13.3. The minimum Gasteiger partial charge on any atom is -0.375 e. The molecule has 0 aliphatic rings. The number of nitrogens with zero attached hydrogens (tertiary/aromatic N) is 2. The van der Waals surface area contributed by atoms with E-state index in [0.29, 0.717) is 16.6 Å². The van der Waals surface area contributed by atoms with Crippen molar-refractivity contribution in [2.75, 3.05) is 11.1 Å². The van der Waals surface area contributed by atoms with Crippen molar-refractivity contribution >= 4 is 28.2 Å². The second-order valence-electron chi connectivity index (χ2n) is 4.94. The van der Waals surface area contributed by atoms with E-state index >= 15 is 0 Å². The van der Waals surface area contributed by atoms with E-state index < -0.39 is 0 Å². The first-order chi connectivity index (χ1) is 8.36. The van der Waals surface area contributed by atoms with Crippen molar-refractivity contribution in [2.45, 2.75) is 26.2 Å². The highest BCUT2D eigenvalue weighted by atomic mass is 32.1. The fourth-order valence-electron chi connectivity index (χ4n) is 1.34. The van der Waals surface area contributed by atoms with Gasteiger partial charge in [0.15, 0.2) is 10.9 Å². The summed E-state index contributed by atoms with van der Waals surface area (Å²) in [5.41, 5.74) is 6.69. The molecular weight excluding hydrogens is 250 g/mol. The molecular formula is C11H15N5OS. The van der Waals surface area contributed by atoms with Gasteiger partial charge >= 0.3 is 0 Å². The Morgan fingerprint density at radius 1 is 1.50 bits per heavy atom. The highest BCUT2D eigenvalue weighted by Gasteiger charge is 2.18. The van der Waals surface area contributed by atoms with Crippen LogP contribution in [0.5, 0.6) is 0 Å². The molecule has 2 rings (SSSR count). The minimum absolute atomic E-state index is 0.0406. The van der Waals surface area contributed by atoms with E-state index in [0.717, 1.165) is 5.69 Å². The van der Waals surface area contributed by atoms with Crippen molar-refractivity contribution in [1.29, 1.82) is 0 Å². The number of nitrogen functional groups attached to an aromatic ring is 1. The van der Waals surface area contributed by atoms with Gasteiger partial charge in [-0.05, 0) is 0 Å². The van der Waals surface area contributed by atoms with E-state index in [1.54, 1.807) is 5.38 Å². The molecule has 0 radical (unpaired) electrons. The Labute approximate surface area is 109 Å². The van der Waals surface area contributed by atoms with Crippen molar-refractivity contribution in [3.63, 3.8) is 0 Å². The molecule has 18 heavy (non-hydrogen) atoms. The fourth-order valence-corrected chi connectivity index (χ4v) is 1.89. The van der Waals surface area contributed by atoms with Gasteiger partial charge in [0.25, 0.3) is 5.91 Å². The molecule has 6 nitrogen and oxygen atoms in total. The van der Waals surface area contributed by atoms with E-state index in [1.807, 2.05) is 6.07 Å². The maximum atomic E-state index is 11.8. The molecule has 96 valence electrons. The van der Waals surface area contributed by atoms with E-state index in [1.165, 1.54) is 11.3 Å². The largest absolute Gasteiger partial charge is 0.375 e. The van der Waals surface area contributed by atoms with Crippen LogP contribution in [0.4, 0.5) is 10.9 Å². The lowest BCUT2D eigenvalue weighted by Crippen LogP contribution is -2.13. The van der Waals surface area contributed by atoms with E-state index in [-0.39, 0.29) is 11.3 Å². The zero-order valence-corrected chi connectivity index (χ0v) is 11.3. The van der Waals surface area contributed by atoms with Crippen LogP contribution in [-0.4, -0.2) is 21.1 Å². The Balaban J connectivity index is 2.10. The van der Waals surface area contributed by atoms with Crippen molar-refractivity contribution in [3.05, 3.63) is 22.8 Å². The summed E-state index contributed by atoms with van der Waals surface area (Å²) in [6.07, 6.45) is 0. The van der Waals surface area contributed by atoms with Crippen LogP contribution >= 0.6 is 11.3 Å². The first-order valence-corrected chi connectivity index (χ1v) is 6.32. The summed E-state index contributed by atoms with van der Waals surface area (Å²) in [6, 6.07) is 1.81. The highest BCUT2D eigenvalue weighted by molar-refractivity contribution is 7.13. The van der Waals surface area contributed by atoms with Gasteiger partial charge in [0, 0.05) is 22.6 Å². The Kier molecular flexibility index (Phi) is 3.08. The molecule has 1 amide bonds. The molecule has 0 aromatic carbocycles. The van der Waals surface area contributed by atoms with E-state index in [4.69, 9.17) is 5.73 Å². The number of H-pyrrole nitrogens is 1. The summed E-state index contributed by atoms with van der Waals surface area (Å²) in [5, 5.41) is 11.6. The molecule has 0 aliphatic carbocycles. The number of hydrogen-bond acceptors (Lipinski definition) is 5. The number of hydrogen-bond donors (Lipinski definition) is 3. The van der Waals surface area contributed by atoms with Gasteiger partial charge in [0.05, 0.1) is 0 Å². The smallest absolute Gasteiger partial charge is 0.276 e. The summed E-state index contributed by atoms with van der Waals surface area (Å²) in [4.78, 5) is 15.7. The third-order valence-electron chi connectivity index (χ3n) is 2.38. The molecule has 0 unspecified atom stereocenters. The molecule has 7 heteroatoms. The number of nitrogens with two attached hydrogens (primary N) is 1. The average molecular weight is 265 g/mol. The predicted molar refractivity (Wildman–Crippen MR) is 71.8 cm³/mol. The summed E-state index contributed by atoms with van der Waals surface area (Å²) >= 11 is 1.23. The van der Waals surface area contributed by atoms with Crippen LogP contribution in [-0.2, 0) is 5.41 Å². The first-order valence-electron chi connectivity index (χ1n) is 5.44. The van der Waals surface area contributed by atoms with Crippen molar-refractivity contribution in [3.8, 4) is 0 Å². The van der Waals surface area contributed by atoms with Gasteiger partial charge in [-0.3, -0.25) is 9.89 Å². The number of nitrogens with one attached hydrogen (secondary N) is 2. The van der Waals surface area contributed by atoms with Gasteiger partial charge in [0.2, 0.25) is 0 Å². The highest BCUT2D eigenvalue weighted by Crippen LogP contribution is 2.22. The zero-order valence-electron chi connectivity index (χ0n) is 10.4. The number of rotatable bonds is 2. The lowest BCUT2D eigenvalue weighted by molar-refractivity contribution is 0.102. The molecule has 2 heterocycles. The maximum absolute atomic E-state index is 11.8. The monoisotopic (exact) mass is 265 g/mol. The summed E-state index contributed by atoms with van der Waals surface area (Å²) < 4.78 is 0. The lowest BCUT2D eigenvalue weighted by Gasteiger charge is -2.14. The molecule has 0 atom stereocenters. The third-order valence-corrected chi connectivity index (χ3v) is 3.06. The van der Waals surface area contributed by atoms with Gasteiger partial charge in [0.1, 0.15) is 5.69 Å². The standard InChI is InChI=1S/C11H15N5OS/c1-11(2,3)7-4-8(16-15-7)14-9(17)6-5-18-10(12)13-6/h4-5H,1-3H3,(H2,12,13)(H2,14,15,16,17). The second kappa shape index (κ2) is 4.41. The number of aromatic nitrogens is 3. The summed E-state index contributed by atoms with van der Waals surface area (Å²) in [5.74, 6) is 0.173. The molecule has 0 saturated carbocycles. The molecule has 4 N–H and O–H groups in total. The number of carbonyl (C=O) groups excluding carboxylic acids is 1. The molecule has 0 spiro atoms. The van der Waals surface area contributed by atoms with Crippen molar-refractivity contribution in [2.24, 2.45) is 0 Å². The van der Waals surface area contributed by atoms with Crippen LogP contribution in [0.1, 0.15) is 37.0 Å². The Morgan fingerprint density at radius 3 is 2.72 bits per heavy atom. The van der Waals surface area contributed by atoms with Crippen LogP contribution in [0, 0.1) is 0 Å². The second-order valence-corrected chi connectivity index (χ2v) is 5.83. The molecule has 2 aromatic rings. The molecule has 2 aromatic heterocycles. The van der Waals surface area contributed by atoms with Gasteiger partial charge in [-0.2, -0.15) is 5.10 Å². The van der Waals surface area contributed by atoms with Gasteiger partial charge in [-0.1, -0.05) is 20.8 Å². The van der Waals surface area contributed by atoms with Gasteiger partial charge in [-0.15, -0.1) is 11.3 Å². The van der Waals surface area contributed by atoms with Crippen LogP contribution in [0.3, 0.4) is 0 Å². The van der Waals surface area contributed by atoms with Crippen LogP contribution in [0.25, 0.3) is 0 Å². The average Bonchev–Trinajstić information content (AvgIpc) is 2.85. The van der Waals surface area contributed by atoms with Crippen molar-refractivity contribution in [1.82, 2.24) is 15.2 Å². The van der Waals surface area contributed by atoms with E-state index in [2.05, 4.69) is 41.3 Å². The maximum Gasteiger partial charge on any atom is 0.276 e. The van der Waals surface area contributed by atoms with Crippen LogP contribution in [0.2, 0.25) is 0 Å². The van der Waals surface area contributed by atoms with Crippen LogP contribution < -0.4 is 11.1 Å². The normalized spacial score (nSPS) is 11.5. The quantitative estimate of drug-likeness (QED) is 0.773. The van der Waals surface area contributed by atoms with Crippen LogP contribution in [0.15, 0.2) is 11.4 Å². The Hall–Kier alpha value is -1.89. The lowest BCUT2D eigenvalue weighted by atomic mass is 9.92. The number of thiazole rings is 1. The SMILES string of the molecule is CC(C)(C)c1cc(NC(=O)c2csc(N)n2)n[nH]1. The summed E-state index contributed by atoms with van der Waals surface area (Å²) in [7, 11) is 0. The first kappa shape index (κ1) is 12.6. The number of amides is 1. The fraction of sp³-hybridized carbons (Fsp3) is 0.364. The Morgan fingerprint density at radius 2 is 2.22 bits per heavy atom. The molecule has 0 fully saturated rings. The molecule has 0 aliphatic heterocycles. The summed E-state index contributed by atoms with van der Waals surface area (Å²) in [6.45, 7) is 6.19.